The van der Waals surface area contributed by atoms with Gasteiger partial charge in [0, 0.05) is 12.1 Å². The Morgan fingerprint density at radius 1 is 1.47 bits per heavy atom. The molecule has 0 aromatic rings. The first-order valence-corrected chi connectivity index (χ1v) is 5.76. The Hall–Kier alpha value is -0.770. The summed E-state index contributed by atoms with van der Waals surface area (Å²) in [6.45, 7) is 5.96. The van der Waals surface area contributed by atoms with Crippen LogP contribution in [0.25, 0.3) is 0 Å². The molecule has 4 nitrogen and oxygen atoms in total. The van der Waals surface area contributed by atoms with Crippen LogP contribution in [0, 0.1) is 0 Å². The van der Waals surface area contributed by atoms with E-state index in [-0.39, 0.29) is 18.7 Å². The fraction of sp³-hybridized carbons (Fsp3) is 0.909. The van der Waals surface area contributed by atoms with E-state index in [1.54, 1.807) is 6.92 Å². The van der Waals surface area contributed by atoms with Crippen molar-refractivity contribution in [1.29, 1.82) is 0 Å². The van der Waals surface area contributed by atoms with Gasteiger partial charge >= 0.3 is 6.03 Å². The Kier molecular flexibility index (Phi) is 4.39. The fourth-order valence-corrected chi connectivity index (χ4v) is 2.15. The molecule has 0 aliphatic carbocycles. The molecule has 3 atom stereocenters. The van der Waals surface area contributed by atoms with Crippen molar-refractivity contribution in [2.45, 2.75) is 58.2 Å². The van der Waals surface area contributed by atoms with Crippen molar-refractivity contribution < 1.29 is 9.90 Å². The Labute approximate surface area is 91.6 Å². The van der Waals surface area contributed by atoms with E-state index in [4.69, 9.17) is 5.11 Å². The molecule has 0 aromatic carbocycles. The largest absolute Gasteiger partial charge is 0.394 e. The standard InChI is InChI=1S/C11H22N2O2/c1-8(7-14)12-11(15)13-9(2)5-4-6-10(13)3/h8-10,14H,4-7H2,1-3H3,(H,12,15). The summed E-state index contributed by atoms with van der Waals surface area (Å²) in [5.41, 5.74) is 0. The second kappa shape index (κ2) is 5.35. The lowest BCUT2D eigenvalue weighted by molar-refractivity contribution is 0.117. The van der Waals surface area contributed by atoms with Crippen molar-refractivity contribution in [1.82, 2.24) is 10.2 Å². The third kappa shape index (κ3) is 3.09. The van der Waals surface area contributed by atoms with E-state index < -0.39 is 0 Å². The van der Waals surface area contributed by atoms with Gasteiger partial charge in [0.25, 0.3) is 0 Å². The molecule has 0 bridgehead atoms. The number of carbonyl (C=O) groups excluding carboxylic acids is 1. The van der Waals surface area contributed by atoms with Crippen molar-refractivity contribution in [2.24, 2.45) is 0 Å². The zero-order valence-electron chi connectivity index (χ0n) is 9.86. The van der Waals surface area contributed by atoms with E-state index >= 15 is 0 Å². The molecular weight excluding hydrogens is 192 g/mol. The van der Waals surface area contributed by atoms with Crippen molar-refractivity contribution in [2.75, 3.05) is 6.61 Å². The van der Waals surface area contributed by atoms with E-state index in [1.807, 2.05) is 4.90 Å². The number of nitrogens with one attached hydrogen (secondary N) is 1. The van der Waals surface area contributed by atoms with Gasteiger partial charge in [-0.1, -0.05) is 0 Å². The first-order chi connectivity index (χ1) is 7.06. The fourth-order valence-electron chi connectivity index (χ4n) is 2.15. The molecular formula is C11H22N2O2. The Morgan fingerprint density at radius 2 is 2.00 bits per heavy atom. The smallest absolute Gasteiger partial charge is 0.318 e. The highest BCUT2D eigenvalue weighted by atomic mass is 16.3. The van der Waals surface area contributed by atoms with Gasteiger partial charge < -0.3 is 15.3 Å². The average molecular weight is 214 g/mol. The third-order valence-electron chi connectivity index (χ3n) is 3.07. The van der Waals surface area contributed by atoms with Crippen LogP contribution in [-0.2, 0) is 0 Å². The third-order valence-corrected chi connectivity index (χ3v) is 3.07. The first kappa shape index (κ1) is 12.3. The van der Waals surface area contributed by atoms with Crippen LogP contribution in [0.2, 0.25) is 0 Å². The number of rotatable bonds is 2. The summed E-state index contributed by atoms with van der Waals surface area (Å²) in [4.78, 5) is 13.8. The summed E-state index contributed by atoms with van der Waals surface area (Å²) >= 11 is 0. The van der Waals surface area contributed by atoms with E-state index in [2.05, 4.69) is 19.2 Å². The van der Waals surface area contributed by atoms with E-state index in [0.29, 0.717) is 12.1 Å². The summed E-state index contributed by atoms with van der Waals surface area (Å²) in [6.07, 6.45) is 3.35. The molecule has 1 aliphatic heterocycles. The Bertz CT molecular complexity index is 211. The first-order valence-electron chi connectivity index (χ1n) is 5.76. The van der Waals surface area contributed by atoms with E-state index in [1.165, 1.54) is 6.42 Å². The van der Waals surface area contributed by atoms with Gasteiger partial charge in [-0.25, -0.2) is 4.79 Å². The lowest BCUT2D eigenvalue weighted by atomic mass is 9.98. The molecule has 1 fully saturated rings. The lowest BCUT2D eigenvalue weighted by Crippen LogP contribution is -2.53. The summed E-state index contributed by atoms with van der Waals surface area (Å²) in [5, 5.41) is 11.7. The number of nitrogens with zero attached hydrogens (tertiary/aromatic N) is 1. The van der Waals surface area contributed by atoms with Crippen LogP contribution in [-0.4, -0.2) is 40.8 Å². The van der Waals surface area contributed by atoms with Gasteiger partial charge in [-0.05, 0) is 40.0 Å². The topological polar surface area (TPSA) is 52.6 Å². The summed E-state index contributed by atoms with van der Waals surface area (Å²) in [7, 11) is 0. The second-order valence-electron chi connectivity index (χ2n) is 4.57. The Balaban J connectivity index is 2.55. The summed E-state index contributed by atoms with van der Waals surface area (Å²) in [6, 6.07) is 0.398. The minimum Gasteiger partial charge on any atom is -0.394 e. The maximum atomic E-state index is 11.9. The molecule has 0 saturated carbocycles. The maximum absolute atomic E-state index is 11.9. The summed E-state index contributed by atoms with van der Waals surface area (Å²) in [5.74, 6) is 0. The van der Waals surface area contributed by atoms with Crippen LogP contribution in [0.4, 0.5) is 4.79 Å². The van der Waals surface area contributed by atoms with Crippen LogP contribution in [0.5, 0.6) is 0 Å². The molecule has 0 radical (unpaired) electrons. The van der Waals surface area contributed by atoms with Gasteiger partial charge in [0.05, 0.1) is 12.6 Å². The second-order valence-corrected chi connectivity index (χ2v) is 4.57. The van der Waals surface area contributed by atoms with Gasteiger partial charge in [0.15, 0.2) is 0 Å². The van der Waals surface area contributed by atoms with Gasteiger partial charge in [0.1, 0.15) is 0 Å². The number of carbonyl (C=O) groups is 1. The van der Waals surface area contributed by atoms with Crippen molar-refractivity contribution in [3.8, 4) is 0 Å². The van der Waals surface area contributed by atoms with Crippen LogP contribution < -0.4 is 5.32 Å². The number of aliphatic hydroxyl groups excluding tert-OH is 1. The minimum absolute atomic E-state index is 0.0116. The van der Waals surface area contributed by atoms with Gasteiger partial charge in [-0.15, -0.1) is 0 Å². The minimum atomic E-state index is -0.168. The molecule has 4 heteroatoms. The number of hydrogen-bond acceptors (Lipinski definition) is 2. The molecule has 88 valence electrons. The predicted octanol–water partition coefficient (Wildman–Crippen LogP) is 1.34. The number of amides is 2. The quantitative estimate of drug-likeness (QED) is 0.729. The molecule has 2 N–H and O–H groups in total. The van der Waals surface area contributed by atoms with Crippen LogP contribution in [0.1, 0.15) is 40.0 Å². The average Bonchev–Trinajstić information content (AvgIpc) is 2.17. The number of likely N-dealkylation sites (tertiary alicyclic amines) is 1. The molecule has 3 unspecified atom stereocenters. The maximum Gasteiger partial charge on any atom is 0.318 e. The molecule has 1 rings (SSSR count). The van der Waals surface area contributed by atoms with Crippen molar-refractivity contribution >= 4 is 6.03 Å². The molecule has 1 aliphatic rings. The number of urea groups is 1. The predicted molar refractivity (Wildman–Crippen MR) is 59.7 cm³/mol. The van der Waals surface area contributed by atoms with Gasteiger partial charge in [-0.3, -0.25) is 0 Å². The highest BCUT2D eigenvalue weighted by molar-refractivity contribution is 5.75. The zero-order valence-corrected chi connectivity index (χ0v) is 9.86. The molecule has 0 aromatic heterocycles. The molecule has 1 heterocycles. The van der Waals surface area contributed by atoms with Gasteiger partial charge in [0.2, 0.25) is 0 Å². The highest BCUT2D eigenvalue weighted by Crippen LogP contribution is 2.22. The molecule has 1 saturated heterocycles. The van der Waals surface area contributed by atoms with Crippen LogP contribution >= 0.6 is 0 Å². The summed E-state index contributed by atoms with van der Waals surface area (Å²) < 4.78 is 0. The SMILES string of the molecule is CC(CO)NC(=O)N1C(C)CCCC1C. The molecule has 0 spiro atoms. The van der Waals surface area contributed by atoms with Gasteiger partial charge in [-0.2, -0.15) is 0 Å². The lowest BCUT2D eigenvalue weighted by Gasteiger charge is -2.39. The van der Waals surface area contributed by atoms with E-state index in [9.17, 15) is 4.79 Å². The van der Waals surface area contributed by atoms with E-state index in [0.717, 1.165) is 12.8 Å². The molecule has 2 amide bonds. The zero-order chi connectivity index (χ0) is 11.4. The monoisotopic (exact) mass is 214 g/mol. The van der Waals surface area contributed by atoms with Crippen molar-refractivity contribution in [3.63, 3.8) is 0 Å². The molecule has 15 heavy (non-hydrogen) atoms. The van der Waals surface area contributed by atoms with Crippen LogP contribution in [0.3, 0.4) is 0 Å². The number of hydrogen-bond donors (Lipinski definition) is 2. The van der Waals surface area contributed by atoms with Crippen LogP contribution in [0.15, 0.2) is 0 Å². The number of piperidine rings is 1. The highest BCUT2D eigenvalue weighted by Gasteiger charge is 2.29. The normalized spacial score (nSPS) is 28.7. The Morgan fingerprint density at radius 3 is 2.47 bits per heavy atom. The number of aliphatic hydroxyl groups is 1. The van der Waals surface area contributed by atoms with Crippen molar-refractivity contribution in [3.05, 3.63) is 0 Å².